The maximum Gasteiger partial charge on any atom is 0.248 e. The molecule has 0 saturated carbocycles. The molecule has 1 aliphatic rings. The molecule has 1 aliphatic heterocycles. The number of carbonyl (C=O) groups is 1. The molecule has 0 aliphatic carbocycles. The first-order chi connectivity index (χ1) is 5.33. The zero-order valence-corrected chi connectivity index (χ0v) is 6.38. The lowest BCUT2D eigenvalue weighted by molar-refractivity contribution is -0.126. The summed E-state index contributed by atoms with van der Waals surface area (Å²) in [6, 6.07) is 0. The normalized spacial score (nSPS) is 19.7. The van der Waals surface area contributed by atoms with Crippen LogP contribution >= 0.6 is 0 Å². The van der Waals surface area contributed by atoms with Gasteiger partial charge in [0, 0.05) is 13.1 Å². The van der Waals surface area contributed by atoms with E-state index in [1.165, 1.54) is 0 Å². The van der Waals surface area contributed by atoms with Crippen LogP contribution in [0.3, 0.4) is 0 Å². The molecule has 0 aromatic heterocycles. The highest BCUT2D eigenvalue weighted by Gasteiger charge is 2.11. The number of ether oxygens (including phenoxy) is 1. The van der Waals surface area contributed by atoms with Crippen molar-refractivity contribution in [3.8, 4) is 0 Å². The number of carbonyl (C=O) groups excluding carboxylic acids is 1. The first kappa shape index (κ1) is 8.45. The number of nitrogens with zero attached hydrogens (tertiary/aromatic N) is 1. The Morgan fingerprint density at radius 1 is 1.55 bits per heavy atom. The maximum atomic E-state index is 10.8. The van der Waals surface area contributed by atoms with Crippen LogP contribution in [0.1, 0.15) is 0 Å². The van der Waals surface area contributed by atoms with E-state index in [1.807, 2.05) is 5.01 Å². The van der Waals surface area contributed by atoms with Crippen LogP contribution in [-0.4, -0.2) is 43.8 Å². The average Bonchev–Trinajstić information content (AvgIpc) is 2.06. The molecule has 5 nitrogen and oxygen atoms in total. The SMILES string of the molecule is NCC(=O)NN1CCOCC1. The van der Waals surface area contributed by atoms with Gasteiger partial charge in [-0.05, 0) is 0 Å². The highest BCUT2D eigenvalue weighted by Crippen LogP contribution is 1.91. The van der Waals surface area contributed by atoms with Crippen molar-refractivity contribution in [3.05, 3.63) is 0 Å². The molecule has 64 valence electrons. The third-order valence-electron chi connectivity index (χ3n) is 1.48. The fraction of sp³-hybridized carbons (Fsp3) is 0.833. The largest absolute Gasteiger partial charge is 0.379 e. The predicted octanol–water partition coefficient (Wildman–Crippen LogP) is -1.69. The second-order valence-electron chi connectivity index (χ2n) is 2.34. The Bertz CT molecular complexity index is 134. The lowest BCUT2D eigenvalue weighted by atomic mass is 10.5. The van der Waals surface area contributed by atoms with Gasteiger partial charge in [-0.2, -0.15) is 0 Å². The van der Waals surface area contributed by atoms with Gasteiger partial charge in [-0.15, -0.1) is 0 Å². The first-order valence-corrected chi connectivity index (χ1v) is 3.65. The lowest BCUT2D eigenvalue weighted by Crippen LogP contribution is -2.50. The molecule has 11 heavy (non-hydrogen) atoms. The van der Waals surface area contributed by atoms with Gasteiger partial charge in [0.1, 0.15) is 0 Å². The number of hydrogen-bond donors (Lipinski definition) is 2. The summed E-state index contributed by atoms with van der Waals surface area (Å²) in [4.78, 5) is 10.8. The smallest absolute Gasteiger partial charge is 0.248 e. The second-order valence-corrected chi connectivity index (χ2v) is 2.34. The Kier molecular flexibility index (Phi) is 3.28. The summed E-state index contributed by atoms with van der Waals surface area (Å²) in [6.45, 7) is 2.87. The van der Waals surface area contributed by atoms with Gasteiger partial charge in [-0.25, -0.2) is 5.01 Å². The van der Waals surface area contributed by atoms with E-state index in [2.05, 4.69) is 5.43 Å². The lowest BCUT2D eigenvalue weighted by Gasteiger charge is -2.26. The Balaban J connectivity index is 2.19. The third kappa shape index (κ3) is 2.83. The van der Waals surface area contributed by atoms with Gasteiger partial charge in [0.2, 0.25) is 5.91 Å². The number of rotatable bonds is 2. The number of nitrogens with two attached hydrogens (primary N) is 1. The summed E-state index contributed by atoms with van der Waals surface area (Å²) in [5.74, 6) is -0.146. The van der Waals surface area contributed by atoms with Crippen molar-refractivity contribution in [1.82, 2.24) is 10.4 Å². The van der Waals surface area contributed by atoms with E-state index >= 15 is 0 Å². The maximum absolute atomic E-state index is 10.8. The zero-order chi connectivity index (χ0) is 8.10. The Morgan fingerprint density at radius 3 is 2.73 bits per heavy atom. The molecular weight excluding hydrogens is 146 g/mol. The van der Waals surface area contributed by atoms with Gasteiger partial charge >= 0.3 is 0 Å². The van der Waals surface area contributed by atoms with Gasteiger partial charge in [-0.3, -0.25) is 10.2 Å². The predicted molar refractivity (Wildman–Crippen MR) is 39.6 cm³/mol. The minimum Gasteiger partial charge on any atom is -0.379 e. The molecular formula is C6H13N3O2. The molecule has 0 bridgehead atoms. The minimum atomic E-state index is -0.146. The molecule has 5 heteroatoms. The van der Waals surface area contributed by atoms with Crippen LogP contribution < -0.4 is 11.2 Å². The van der Waals surface area contributed by atoms with Gasteiger partial charge in [0.25, 0.3) is 0 Å². The first-order valence-electron chi connectivity index (χ1n) is 3.65. The van der Waals surface area contributed by atoms with Crippen molar-refractivity contribution in [1.29, 1.82) is 0 Å². The molecule has 0 aromatic rings. The summed E-state index contributed by atoms with van der Waals surface area (Å²) in [6.07, 6.45) is 0. The van der Waals surface area contributed by atoms with Gasteiger partial charge in [-0.1, -0.05) is 0 Å². The molecule has 0 aromatic carbocycles. The van der Waals surface area contributed by atoms with E-state index in [9.17, 15) is 4.79 Å². The van der Waals surface area contributed by atoms with Crippen LogP contribution in [0.4, 0.5) is 0 Å². The highest BCUT2D eigenvalue weighted by molar-refractivity contribution is 5.77. The van der Waals surface area contributed by atoms with Crippen molar-refractivity contribution in [3.63, 3.8) is 0 Å². The quantitative estimate of drug-likeness (QED) is 0.504. The summed E-state index contributed by atoms with van der Waals surface area (Å²) in [7, 11) is 0. The summed E-state index contributed by atoms with van der Waals surface area (Å²) in [5.41, 5.74) is 7.78. The minimum absolute atomic E-state index is 0.0390. The van der Waals surface area contributed by atoms with Gasteiger partial charge in [0.15, 0.2) is 0 Å². The monoisotopic (exact) mass is 159 g/mol. The molecule has 1 heterocycles. The molecule has 1 fully saturated rings. The molecule has 0 unspecified atom stereocenters. The third-order valence-corrected chi connectivity index (χ3v) is 1.48. The number of nitrogens with one attached hydrogen (secondary N) is 1. The number of hydrogen-bond acceptors (Lipinski definition) is 4. The van der Waals surface area contributed by atoms with Gasteiger partial charge < -0.3 is 10.5 Å². The second kappa shape index (κ2) is 4.27. The van der Waals surface area contributed by atoms with Crippen LogP contribution in [0.25, 0.3) is 0 Å². The van der Waals surface area contributed by atoms with Crippen LogP contribution in [-0.2, 0) is 9.53 Å². The van der Waals surface area contributed by atoms with Gasteiger partial charge in [0.05, 0.1) is 19.8 Å². The standard InChI is InChI=1S/C6H13N3O2/c7-5-6(10)8-9-1-3-11-4-2-9/h1-5,7H2,(H,8,10). The molecule has 0 radical (unpaired) electrons. The van der Waals surface area contributed by atoms with Crippen LogP contribution in [0.5, 0.6) is 0 Å². The van der Waals surface area contributed by atoms with Crippen molar-refractivity contribution < 1.29 is 9.53 Å². The molecule has 0 spiro atoms. The van der Waals surface area contributed by atoms with Crippen molar-refractivity contribution in [2.75, 3.05) is 32.8 Å². The highest BCUT2D eigenvalue weighted by atomic mass is 16.5. The number of amides is 1. The zero-order valence-electron chi connectivity index (χ0n) is 6.38. The Morgan fingerprint density at radius 2 is 2.18 bits per heavy atom. The topological polar surface area (TPSA) is 67.6 Å². The van der Waals surface area contributed by atoms with Crippen LogP contribution in [0.15, 0.2) is 0 Å². The van der Waals surface area contributed by atoms with E-state index in [4.69, 9.17) is 10.5 Å². The Labute approximate surface area is 65.5 Å². The molecule has 1 rings (SSSR count). The number of morpholine rings is 1. The molecule has 1 amide bonds. The van der Waals surface area contributed by atoms with Crippen LogP contribution in [0.2, 0.25) is 0 Å². The number of hydrazine groups is 1. The average molecular weight is 159 g/mol. The Hall–Kier alpha value is -0.650. The van der Waals surface area contributed by atoms with E-state index in [0.29, 0.717) is 13.2 Å². The van der Waals surface area contributed by atoms with Crippen LogP contribution in [0, 0.1) is 0 Å². The fourth-order valence-electron chi connectivity index (χ4n) is 0.897. The van der Waals surface area contributed by atoms with Crippen molar-refractivity contribution in [2.24, 2.45) is 5.73 Å². The summed E-state index contributed by atoms with van der Waals surface area (Å²) < 4.78 is 5.09. The van der Waals surface area contributed by atoms with Crippen molar-refractivity contribution >= 4 is 5.91 Å². The molecule has 0 atom stereocenters. The molecule has 1 saturated heterocycles. The fourth-order valence-corrected chi connectivity index (χ4v) is 0.897. The van der Waals surface area contributed by atoms with E-state index < -0.39 is 0 Å². The summed E-state index contributed by atoms with van der Waals surface area (Å²) in [5, 5.41) is 1.82. The van der Waals surface area contributed by atoms with E-state index in [0.717, 1.165) is 13.1 Å². The summed E-state index contributed by atoms with van der Waals surface area (Å²) >= 11 is 0. The van der Waals surface area contributed by atoms with E-state index in [1.54, 1.807) is 0 Å². The van der Waals surface area contributed by atoms with Crippen molar-refractivity contribution in [2.45, 2.75) is 0 Å². The molecule has 3 N–H and O–H groups in total. The van der Waals surface area contributed by atoms with E-state index in [-0.39, 0.29) is 12.5 Å².